The van der Waals surface area contributed by atoms with Crippen molar-refractivity contribution in [2.24, 2.45) is 0 Å². The highest BCUT2D eigenvalue weighted by Gasteiger charge is 2.46. The lowest BCUT2D eigenvalue weighted by Crippen LogP contribution is -2.33. The second-order valence-corrected chi connectivity index (χ2v) is 11.3. The van der Waals surface area contributed by atoms with Crippen molar-refractivity contribution in [3.05, 3.63) is 28.4 Å². The molecule has 21 heteroatoms. The second kappa shape index (κ2) is 9.53. The Balaban J connectivity index is 1.73. The summed E-state index contributed by atoms with van der Waals surface area (Å²) in [6.07, 6.45) is -5.40. The first-order valence-electron chi connectivity index (χ1n) is 8.42. The summed E-state index contributed by atoms with van der Waals surface area (Å²) in [6.45, 7) is -1.00. The van der Waals surface area contributed by atoms with Crippen molar-refractivity contribution < 1.29 is 65.8 Å². The van der Waals surface area contributed by atoms with Crippen LogP contribution in [0.4, 0.5) is 4.39 Å². The Kier molecular flexibility index (Phi) is 7.66. The molecule has 184 valence electrons. The average Bonchev–Trinajstić information content (AvgIpc) is 2.91. The van der Waals surface area contributed by atoms with Crippen LogP contribution in [0, 0.1) is 10.6 Å². The van der Waals surface area contributed by atoms with E-state index in [0.29, 0.717) is 0 Å². The molecule has 7 N–H and O–H groups in total. The van der Waals surface area contributed by atoms with E-state index < -0.39 is 60.4 Å². The number of aliphatic hydroxyl groups is 2. The summed E-state index contributed by atoms with van der Waals surface area (Å²) in [6, 6.07) is 1.25. The molecule has 0 bridgehead atoms. The van der Waals surface area contributed by atoms with Crippen molar-refractivity contribution in [1.82, 2.24) is 15.0 Å². The van der Waals surface area contributed by atoms with E-state index in [-0.39, 0.29) is 21.4 Å². The SMILES string of the molecule is O=P(O)(O)OP(=O)(O)OP(=O)(O)OC[C@H]1O[C@@H](c2cc3nc(F)cnc3[nH]c2=S)[C@@H](O)C1O. The topological polar surface area (TPSA) is 251 Å². The van der Waals surface area contributed by atoms with Gasteiger partial charge in [0.05, 0.1) is 12.8 Å². The molecule has 2 aromatic rings. The number of aromatic nitrogens is 3. The fourth-order valence-corrected chi connectivity index (χ4v) is 6.10. The molecule has 0 saturated carbocycles. The summed E-state index contributed by atoms with van der Waals surface area (Å²) in [5.74, 6) is -0.902. The molecule has 2 aromatic heterocycles. The van der Waals surface area contributed by atoms with Gasteiger partial charge in [-0.05, 0) is 6.07 Å². The van der Waals surface area contributed by atoms with Crippen LogP contribution in [0.2, 0.25) is 0 Å². The van der Waals surface area contributed by atoms with Crippen LogP contribution >= 0.6 is 35.7 Å². The number of aliphatic hydroxyl groups excluding tert-OH is 2. The first kappa shape index (κ1) is 26.5. The molecule has 0 amide bonds. The zero-order valence-corrected chi connectivity index (χ0v) is 19.2. The summed E-state index contributed by atoms with van der Waals surface area (Å²) in [7, 11) is -16.8. The maximum Gasteiger partial charge on any atom is 0.490 e. The average molecular weight is 553 g/mol. The van der Waals surface area contributed by atoms with Crippen molar-refractivity contribution in [2.45, 2.75) is 24.4 Å². The molecule has 0 aliphatic carbocycles. The van der Waals surface area contributed by atoms with Crippen molar-refractivity contribution in [2.75, 3.05) is 6.61 Å². The number of nitrogens with one attached hydrogen (secondary N) is 1. The molecule has 1 fully saturated rings. The number of nitrogens with zero attached hydrogens (tertiary/aromatic N) is 2. The molecular weight excluding hydrogens is 538 g/mol. The van der Waals surface area contributed by atoms with Crippen LogP contribution < -0.4 is 0 Å². The van der Waals surface area contributed by atoms with E-state index in [9.17, 15) is 33.2 Å². The lowest BCUT2D eigenvalue weighted by Gasteiger charge is -2.19. The molecule has 16 nitrogen and oxygen atoms in total. The van der Waals surface area contributed by atoms with Crippen LogP contribution in [0.1, 0.15) is 11.7 Å². The zero-order valence-electron chi connectivity index (χ0n) is 15.7. The Morgan fingerprint density at radius 1 is 1.12 bits per heavy atom. The Morgan fingerprint density at radius 2 is 1.79 bits per heavy atom. The van der Waals surface area contributed by atoms with Gasteiger partial charge >= 0.3 is 23.5 Å². The van der Waals surface area contributed by atoms with E-state index >= 15 is 0 Å². The Bertz CT molecular complexity index is 1260. The molecule has 3 rings (SSSR count). The number of pyridine rings is 1. The predicted octanol–water partition coefficient (Wildman–Crippen LogP) is 0.331. The minimum Gasteiger partial charge on any atom is -0.387 e. The number of rotatable bonds is 8. The number of hydrogen-bond donors (Lipinski definition) is 7. The first-order valence-corrected chi connectivity index (χ1v) is 13.4. The summed E-state index contributed by atoms with van der Waals surface area (Å²) < 4.78 is 64.1. The molecule has 1 aliphatic heterocycles. The number of aromatic amines is 1. The van der Waals surface area contributed by atoms with E-state index in [2.05, 4.69) is 28.1 Å². The summed E-state index contributed by atoms with van der Waals surface area (Å²) in [4.78, 5) is 45.6. The van der Waals surface area contributed by atoms with Gasteiger partial charge < -0.3 is 39.5 Å². The first-order chi connectivity index (χ1) is 15.1. The standard InChI is InChI=1S/C12H15FN3O13P3S/c13-7-2-14-11-5(15-7)1-4(12(33)16-11)10-9(18)8(17)6(27-10)3-26-31(22,23)29-32(24,25)28-30(19,20)21/h1-2,6,8-10,17-18H,3H2,(H,22,23)(H,24,25)(H,14,16,33)(H2,19,20,21)/t6-,8?,9+,10+/m1/s1. The molecule has 0 aromatic carbocycles. The molecule has 6 atom stereocenters. The monoisotopic (exact) mass is 553 g/mol. The summed E-state index contributed by atoms with van der Waals surface area (Å²) >= 11 is 5.14. The third-order valence-electron chi connectivity index (χ3n) is 4.04. The fraction of sp³-hybridized carbons (Fsp3) is 0.417. The van der Waals surface area contributed by atoms with Gasteiger partial charge in [0, 0.05) is 5.56 Å². The second-order valence-electron chi connectivity index (χ2n) is 6.44. The third-order valence-corrected chi connectivity index (χ3v) is 8.18. The van der Waals surface area contributed by atoms with Crippen LogP contribution in [-0.2, 0) is 31.6 Å². The van der Waals surface area contributed by atoms with E-state index in [1.165, 1.54) is 6.07 Å². The summed E-state index contributed by atoms with van der Waals surface area (Å²) in [5.41, 5.74) is 0.202. The fourth-order valence-electron chi connectivity index (χ4n) is 2.80. The zero-order chi connectivity index (χ0) is 24.8. The van der Waals surface area contributed by atoms with Crippen molar-refractivity contribution in [1.29, 1.82) is 0 Å². The molecule has 1 saturated heterocycles. The number of ether oxygens (including phenoxy) is 1. The van der Waals surface area contributed by atoms with Gasteiger partial charge in [0.25, 0.3) is 0 Å². The van der Waals surface area contributed by atoms with Gasteiger partial charge in [0.1, 0.15) is 34.6 Å². The molecule has 0 radical (unpaired) electrons. The van der Waals surface area contributed by atoms with Crippen LogP contribution in [-0.4, -0.2) is 69.7 Å². The maximum absolute atomic E-state index is 13.4. The quantitative estimate of drug-likeness (QED) is 0.172. The molecule has 33 heavy (non-hydrogen) atoms. The van der Waals surface area contributed by atoms with Crippen LogP contribution in [0.25, 0.3) is 11.2 Å². The van der Waals surface area contributed by atoms with E-state index in [1.54, 1.807) is 0 Å². The van der Waals surface area contributed by atoms with Crippen molar-refractivity contribution in [3.63, 3.8) is 0 Å². The third kappa shape index (κ3) is 6.75. The van der Waals surface area contributed by atoms with Gasteiger partial charge in [-0.15, -0.1) is 0 Å². The number of phosphoric ester groups is 1. The molecule has 3 unspecified atom stereocenters. The van der Waals surface area contributed by atoms with Gasteiger partial charge in [-0.25, -0.2) is 23.7 Å². The van der Waals surface area contributed by atoms with E-state index in [0.717, 1.165) is 6.20 Å². The highest BCUT2D eigenvalue weighted by Crippen LogP contribution is 2.66. The molecular formula is C12H15FN3O13P3S. The number of halogens is 1. The van der Waals surface area contributed by atoms with E-state index in [4.69, 9.17) is 31.6 Å². The molecule has 0 spiro atoms. The summed E-state index contributed by atoms with van der Waals surface area (Å²) in [5, 5.41) is 20.5. The Labute approximate surface area is 187 Å². The lowest BCUT2D eigenvalue weighted by molar-refractivity contribution is -0.0224. The lowest BCUT2D eigenvalue weighted by atomic mass is 10.0. The Morgan fingerprint density at radius 3 is 2.42 bits per heavy atom. The maximum atomic E-state index is 13.4. The van der Waals surface area contributed by atoms with Crippen LogP contribution in [0.3, 0.4) is 0 Å². The minimum absolute atomic E-state index is 0.00630. The van der Waals surface area contributed by atoms with Gasteiger partial charge in [-0.2, -0.15) is 13.0 Å². The van der Waals surface area contributed by atoms with Gasteiger partial charge in [-0.1, -0.05) is 12.2 Å². The van der Waals surface area contributed by atoms with Crippen molar-refractivity contribution in [3.8, 4) is 0 Å². The van der Waals surface area contributed by atoms with Gasteiger partial charge in [0.2, 0.25) is 5.95 Å². The van der Waals surface area contributed by atoms with Crippen LogP contribution in [0.5, 0.6) is 0 Å². The van der Waals surface area contributed by atoms with E-state index in [1.807, 2.05) is 0 Å². The number of H-pyrrole nitrogens is 1. The molecule has 3 heterocycles. The predicted molar refractivity (Wildman–Crippen MR) is 104 cm³/mol. The molecule has 1 aliphatic rings. The largest absolute Gasteiger partial charge is 0.490 e. The number of phosphoric acid groups is 3. The highest BCUT2D eigenvalue weighted by molar-refractivity contribution is 7.71. The smallest absolute Gasteiger partial charge is 0.387 e. The van der Waals surface area contributed by atoms with Crippen LogP contribution in [0.15, 0.2) is 12.3 Å². The minimum atomic E-state index is -5.73. The normalized spacial score (nSPS) is 27.4. The van der Waals surface area contributed by atoms with Gasteiger partial charge in [0.15, 0.2) is 5.65 Å². The van der Waals surface area contributed by atoms with Gasteiger partial charge in [-0.3, -0.25) is 4.52 Å². The van der Waals surface area contributed by atoms with Crippen molar-refractivity contribution >= 4 is 46.8 Å². The highest BCUT2D eigenvalue weighted by atomic mass is 32.1. The Hall–Kier alpha value is -1.07. The number of hydrogen-bond acceptors (Lipinski definition) is 12. The number of fused-ring (bicyclic) bond motifs is 1.